The van der Waals surface area contributed by atoms with Gasteiger partial charge in [0.25, 0.3) is 5.56 Å². The van der Waals surface area contributed by atoms with Crippen LogP contribution >= 0.6 is 0 Å². The van der Waals surface area contributed by atoms with Gasteiger partial charge in [-0.2, -0.15) is 0 Å². The van der Waals surface area contributed by atoms with Crippen molar-refractivity contribution in [3.05, 3.63) is 82.6 Å². The monoisotopic (exact) mass is 547 g/mol. The number of sulfone groups is 1. The highest BCUT2D eigenvalue weighted by Gasteiger charge is 2.34. The van der Waals surface area contributed by atoms with Gasteiger partial charge in [0.05, 0.1) is 10.3 Å². The summed E-state index contributed by atoms with van der Waals surface area (Å²) in [5.74, 6) is -2.00. The molecule has 1 N–H and O–H groups in total. The topological polar surface area (TPSA) is 128 Å². The molecule has 0 radical (unpaired) electrons. The molecule has 38 heavy (non-hydrogen) atoms. The van der Waals surface area contributed by atoms with Crippen LogP contribution in [0.5, 0.6) is 5.75 Å². The zero-order valence-corrected chi connectivity index (χ0v) is 20.5. The number of fused-ring (bicyclic) bond motifs is 1. The maximum atomic E-state index is 13.1. The molecule has 4 rings (SSSR count). The molecule has 1 atom stereocenters. The lowest BCUT2D eigenvalue weighted by Gasteiger charge is -2.15. The van der Waals surface area contributed by atoms with E-state index in [0.29, 0.717) is 16.6 Å². The molecule has 0 aliphatic rings. The first kappa shape index (κ1) is 26.8. The molecule has 0 spiro atoms. The number of rotatable bonds is 8. The minimum atomic E-state index is -4.83. The van der Waals surface area contributed by atoms with E-state index in [1.54, 1.807) is 18.2 Å². The second kappa shape index (κ2) is 10.2. The van der Waals surface area contributed by atoms with E-state index in [1.165, 1.54) is 36.4 Å². The Labute approximate surface area is 214 Å². The quantitative estimate of drug-likeness (QED) is 0.351. The van der Waals surface area contributed by atoms with Gasteiger partial charge < -0.3 is 9.84 Å². The molecule has 0 amide bonds. The van der Waals surface area contributed by atoms with E-state index in [2.05, 4.69) is 15.0 Å². The summed E-state index contributed by atoms with van der Waals surface area (Å²) in [5, 5.41) is 15.8. The van der Waals surface area contributed by atoms with Gasteiger partial charge in [-0.1, -0.05) is 35.5 Å². The molecule has 0 fully saturated rings. The first-order valence-electron chi connectivity index (χ1n) is 11.1. The number of benzene rings is 3. The molecule has 13 heteroatoms. The number of aliphatic carboxylic acids is 1. The SMILES string of the molecule is Cc1ccc2c(=O)n(CCC(C(=O)O)S(=O)(=O)c3ccc(-c4ccc(OC(F)(F)F)cc4)cc3)nnc2c1. The van der Waals surface area contributed by atoms with Crippen molar-refractivity contribution in [2.45, 2.75) is 36.4 Å². The molecule has 1 unspecified atom stereocenters. The number of hydrogen-bond acceptors (Lipinski definition) is 7. The zero-order valence-electron chi connectivity index (χ0n) is 19.7. The zero-order chi connectivity index (χ0) is 27.7. The number of aromatic nitrogens is 3. The molecule has 0 aliphatic carbocycles. The number of carboxylic acid groups (broad SMARTS) is 1. The van der Waals surface area contributed by atoms with E-state index in [1.807, 2.05) is 6.92 Å². The first-order chi connectivity index (χ1) is 17.8. The summed E-state index contributed by atoms with van der Waals surface area (Å²) < 4.78 is 68.0. The molecular weight excluding hydrogens is 527 g/mol. The van der Waals surface area contributed by atoms with Crippen LogP contribution in [0.3, 0.4) is 0 Å². The number of alkyl halides is 3. The minimum absolute atomic E-state index is 0.266. The normalized spacial score (nSPS) is 12.8. The van der Waals surface area contributed by atoms with Gasteiger partial charge in [0.2, 0.25) is 0 Å². The van der Waals surface area contributed by atoms with Gasteiger partial charge in [-0.15, -0.1) is 18.3 Å². The third-order valence-corrected chi connectivity index (χ3v) is 7.85. The van der Waals surface area contributed by atoms with Gasteiger partial charge in [0, 0.05) is 6.54 Å². The number of carbonyl (C=O) groups is 1. The van der Waals surface area contributed by atoms with Crippen LogP contribution in [-0.4, -0.2) is 46.1 Å². The summed E-state index contributed by atoms with van der Waals surface area (Å²) in [6.07, 6.45) is -5.27. The Balaban J connectivity index is 1.53. The van der Waals surface area contributed by atoms with Crippen LogP contribution in [0.25, 0.3) is 22.0 Å². The van der Waals surface area contributed by atoms with Crippen LogP contribution < -0.4 is 10.3 Å². The van der Waals surface area contributed by atoms with Crippen LogP contribution in [0.2, 0.25) is 0 Å². The maximum Gasteiger partial charge on any atom is 0.573 e. The summed E-state index contributed by atoms with van der Waals surface area (Å²) in [7, 11) is -4.37. The predicted octanol–water partition coefficient (Wildman–Crippen LogP) is 3.98. The van der Waals surface area contributed by atoms with E-state index in [4.69, 9.17) is 0 Å². The van der Waals surface area contributed by atoms with Gasteiger partial charge in [-0.05, 0) is 66.4 Å². The Morgan fingerprint density at radius 2 is 1.63 bits per heavy atom. The van der Waals surface area contributed by atoms with Gasteiger partial charge in [0.1, 0.15) is 11.3 Å². The van der Waals surface area contributed by atoms with Gasteiger partial charge in [0.15, 0.2) is 15.1 Å². The Morgan fingerprint density at radius 1 is 1.03 bits per heavy atom. The molecule has 0 bridgehead atoms. The molecule has 0 aliphatic heterocycles. The highest BCUT2D eigenvalue weighted by Crippen LogP contribution is 2.28. The molecule has 0 saturated carbocycles. The number of ether oxygens (including phenoxy) is 1. The van der Waals surface area contributed by atoms with Gasteiger partial charge >= 0.3 is 12.3 Å². The first-order valence-corrected chi connectivity index (χ1v) is 12.7. The average molecular weight is 548 g/mol. The average Bonchev–Trinajstić information content (AvgIpc) is 2.84. The maximum absolute atomic E-state index is 13.1. The van der Waals surface area contributed by atoms with Gasteiger partial charge in [-0.3, -0.25) is 9.59 Å². The largest absolute Gasteiger partial charge is 0.573 e. The van der Waals surface area contributed by atoms with Crippen LogP contribution in [0, 0.1) is 6.92 Å². The lowest BCUT2D eigenvalue weighted by Crippen LogP contribution is -2.34. The van der Waals surface area contributed by atoms with Crippen LogP contribution in [0.15, 0.2) is 76.4 Å². The molecule has 1 heterocycles. The predicted molar refractivity (Wildman–Crippen MR) is 130 cm³/mol. The molecule has 4 aromatic rings. The lowest BCUT2D eigenvalue weighted by atomic mass is 10.1. The van der Waals surface area contributed by atoms with Crippen LogP contribution in [0.4, 0.5) is 13.2 Å². The van der Waals surface area contributed by atoms with Crippen molar-refractivity contribution in [1.82, 2.24) is 15.0 Å². The third kappa shape index (κ3) is 5.83. The number of aryl methyl sites for hydroxylation is 2. The molecule has 0 saturated heterocycles. The Morgan fingerprint density at radius 3 is 2.21 bits per heavy atom. The van der Waals surface area contributed by atoms with Crippen molar-refractivity contribution in [1.29, 1.82) is 0 Å². The number of halogens is 3. The van der Waals surface area contributed by atoms with E-state index in [9.17, 15) is 36.3 Å². The van der Waals surface area contributed by atoms with Gasteiger partial charge in [-0.25, -0.2) is 13.1 Å². The minimum Gasteiger partial charge on any atom is -0.480 e. The third-order valence-electron chi connectivity index (χ3n) is 5.74. The molecular formula is C25H20F3N3O6S. The number of nitrogens with zero attached hydrogens (tertiary/aromatic N) is 3. The fraction of sp³-hybridized carbons (Fsp3) is 0.200. The fourth-order valence-corrected chi connectivity index (χ4v) is 5.36. The lowest BCUT2D eigenvalue weighted by molar-refractivity contribution is -0.274. The summed E-state index contributed by atoms with van der Waals surface area (Å²) in [5.41, 5.74) is 1.70. The van der Waals surface area contributed by atoms with Crippen molar-refractivity contribution in [2.24, 2.45) is 0 Å². The second-order valence-corrected chi connectivity index (χ2v) is 10.5. The van der Waals surface area contributed by atoms with E-state index >= 15 is 0 Å². The molecule has 3 aromatic carbocycles. The summed E-state index contributed by atoms with van der Waals surface area (Å²) in [4.78, 5) is 24.3. The molecule has 1 aromatic heterocycles. The Kier molecular flexibility index (Phi) is 7.22. The van der Waals surface area contributed by atoms with Crippen molar-refractivity contribution in [3.63, 3.8) is 0 Å². The summed E-state index contributed by atoms with van der Waals surface area (Å²) in [6.45, 7) is 1.53. The Bertz CT molecular complexity index is 1650. The van der Waals surface area contributed by atoms with Crippen molar-refractivity contribution < 1.29 is 36.2 Å². The number of carboxylic acids is 1. The van der Waals surface area contributed by atoms with Crippen molar-refractivity contribution in [3.8, 4) is 16.9 Å². The standard InChI is InChI=1S/C25H20F3N3O6S/c1-15-2-11-20-21(14-15)29-30-31(23(20)32)13-12-22(24(33)34)38(35,36)19-9-5-17(6-10-19)16-3-7-18(8-4-16)37-25(26,27)28/h2-11,14,22H,12-13H2,1H3,(H,33,34). The van der Waals surface area contributed by atoms with Crippen LogP contribution in [0.1, 0.15) is 12.0 Å². The number of hydrogen-bond donors (Lipinski definition) is 1. The summed E-state index contributed by atoms with van der Waals surface area (Å²) in [6, 6.07) is 15.2. The second-order valence-electron chi connectivity index (χ2n) is 8.40. The smallest absolute Gasteiger partial charge is 0.480 e. The summed E-state index contributed by atoms with van der Waals surface area (Å²) >= 11 is 0. The van der Waals surface area contributed by atoms with E-state index in [0.717, 1.165) is 22.4 Å². The highest BCUT2D eigenvalue weighted by atomic mass is 32.2. The van der Waals surface area contributed by atoms with Crippen molar-refractivity contribution >= 4 is 26.7 Å². The fourth-order valence-electron chi connectivity index (χ4n) is 3.83. The molecule has 9 nitrogen and oxygen atoms in total. The van der Waals surface area contributed by atoms with Crippen LogP contribution in [-0.2, 0) is 21.2 Å². The molecule has 198 valence electrons. The van der Waals surface area contributed by atoms with E-state index in [-0.39, 0.29) is 16.8 Å². The van der Waals surface area contributed by atoms with Crippen molar-refractivity contribution in [2.75, 3.05) is 0 Å². The Hall–Kier alpha value is -4.26. The highest BCUT2D eigenvalue weighted by molar-refractivity contribution is 7.92. The van der Waals surface area contributed by atoms with E-state index < -0.39 is 45.1 Å².